The van der Waals surface area contributed by atoms with Gasteiger partial charge in [0, 0.05) is 49.8 Å². The van der Waals surface area contributed by atoms with Crippen molar-refractivity contribution < 1.29 is 0 Å². The lowest BCUT2D eigenvalue weighted by molar-refractivity contribution is 1.09. The van der Waals surface area contributed by atoms with Crippen molar-refractivity contribution in [3.05, 3.63) is 188 Å². The van der Waals surface area contributed by atoms with E-state index in [0.29, 0.717) is 0 Å². The van der Waals surface area contributed by atoms with Gasteiger partial charge >= 0.3 is 0 Å². The first-order valence-electron chi connectivity index (χ1n) is 19.3. The molecule has 3 heterocycles. The standard InChI is InChI=1S/C53H31N3/c1-2-12-39(13-3-1)55-47-19-8-6-15-41(47)45-27-37-25-32(21-23-34(37)29-49(45)55)33-22-24-35-30-50-46(28-38(35)26-33)42-16-7-9-20-48(42)56(50)53-52-44-17-5-4-14-40(44)43-18-10-11-36(31-54-53)51(43)52/h1-31H. The van der Waals surface area contributed by atoms with Gasteiger partial charge in [0.1, 0.15) is 5.82 Å². The zero-order valence-corrected chi connectivity index (χ0v) is 30.2. The number of fused-ring (bicyclic) bond motifs is 11. The van der Waals surface area contributed by atoms with Gasteiger partial charge < -0.3 is 4.57 Å². The Hall–Kier alpha value is -7.49. The maximum absolute atomic E-state index is 5.23. The van der Waals surface area contributed by atoms with E-state index in [2.05, 4.69) is 191 Å². The maximum Gasteiger partial charge on any atom is 0.146 e. The predicted octanol–water partition coefficient (Wildman–Crippen LogP) is 14.0. The molecule has 12 aromatic rings. The van der Waals surface area contributed by atoms with E-state index < -0.39 is 0 Å². The van der Waals surface area contributed by atoms with E-state index in [1.165, 1.54) is 109 Å². The first-order valence-corrected chi connectivity index (χ1v) is 19.3. The Morgan fingerprint density at radius 2 is 0.911 bits per heavy atom. The van der Waals surface area contributed by atoms with Gasteiger partial charge in [-0.1, -0.05) is 121 Å². The van der Waals surface area contributed by atoms with E-state index in [-0.39, 0.29) is 0 Å². The minimum atomic E-state index is 0.981. The van der Waals surface area contributed by atoms with Crippen molar-refractivity contribution in [3.8, 4) is 44.9 Å². The molecule has 0 N–H and O–H groups in total. The van der Waals surface area contributed by atoms with Gasteiger partial charge in [-0.3, -0.25) is 4.57 Å². The molecular weight excluding hydrogens is 679 g/mol. The smallest absolute Gasteiger partial charge is 0.146 e. The molecule has 13 rings (SSSR count). The molecule has 3 nitrogen and oxygen atoms in total. The summed E-state index contributed by atoms with van der Waals surface area (Å²) in [5.74, 6) is 0.981. The number of hydrogen-bond donors (Lipinski definition) is 0. The summed E-state index contributed by atoms with van der Waals surface area (Å²) in [4.78, 5) is 5.23. The van der Waals surface area contributed by atoms with E-state index in [4.69, 9.17) is 4.98 Å². The average molecular weight is 710 g/mol. The summed E-state index contributed by atoms with van der Waals surface area (Å²) in [6.45, 7) is 0. The number of rotatable bonds is 3. The summed E-state index contributed by atoms with van der Waals surface area (Å²) < 4.78 is 4.78. The summed E-state index contributed by atoms with van der Waals surface area (Å²) in [6.07, 6.45) is 2.05. The van der Waals surface area contributed by atoms with Gasteiger partial charge in [-0.15, -0.1) is 0 Å². The van der Waals surface area contributed by atoms with Crippen LogP contribution in [0.5, 0.6) is 0 Å². The molecule has 0 amide bonds. The van der Waals surface area contributed by atoms with Gasteiger partial charge in [0.15, 0.2) is 0 Å². The van der Waals surface area contributed by atoms with Gasteiger partial charge in [-0.25, -0.2) is 4.98 Å². The van der Waals surface area contributed by atoms with E-state index in [1.807, 2.05) is 6.20 Å². The molecule has 9 aromatic carbocycles. The molecule has 0 atom stereocenters. The number of hydrogen-bond acceptors (Lipinski definition) is 1. The second-order valence-electron chi connectivity index (χ2n) is 15.2. The van der Waals surface area contributed by atoms with Gasteiger partial charge in [0.2, 0.25) is 0 Å². The second-order valence-corrected chi connectivity index (χ2v) is 15.2. The van der Waals surface area contributed by atoms with E-state index >= 15 is 0 Å². The number of aromatic nitrogens is 3. The summed E-state index contributed by atoms with van der Waals surface area (Å²) in [6, 6.07) is 66.9. The fraction of sp³-hybridized carbons (Fsp3) is 0. The molecule has 1 aliphatic carbocycles. The highest BCUT2D eigenvalue weighted by Gasteiger charge is 2.27. The molecule has 0 fully saturated rings. The molecule has 0 saturated carbocycles. The summed E-state index contributed by atoms with van der Waals surface area (Å²) in [7, 11) is 0. The largest absolute Gasteiger partial charge is 0.309 e. The van der Waals surface area contributed by atoms with Gasteiger partial charge in [0.25, 0.3) is 0 Å². The van der Waals surface area contributed by atoms with Crippen molar-refractivity contribution in [1.82, 2.24) is 14.1 Å². The number of para-hydroxylation sites is 3. The average Bonchev–Trinajstić information content (AvgIpc) is 3.88. The van der Waals surface area contributed by atoms with Crippen LogP contribution < -0.4 is 0 Å². The Morgan fingerprint density at radius 3 is 1.61 bits per heavy atom. The molecule has 1 aliphatic rings. The molecule has 258 valence electrons. The monoisotopic (exact) mass is 709 g/mol. The summed E-state index contributed by atoms with van der Waals surface area (Å²) >= 11 is 0. The first kappa shape index (κ1) is 29.9. The molecule has 3 heteroatoms. The Balaban J connectivity index is 0.988. The van der Waals surface area contributed by atoms with E-state index in [0.717, 1.165) is 11.3 Å². The molecule has 0 spiro atoms. The molecule has 0 saturated heterocycles. The lowest BCUT2D eigenvalue weighted by Gasteiger charge is -2.13. The third-order valence-electron chi connectivity index (χ3n) is 12.2. The quantitative estimate of drug-likeness (QED) is 0.179. The molecule has 0 aliphatic heterocycles. The van der Waals surface area contributed by atoms with Crippen LogP contribution in [0, 0.1) is 0 Å². The van der Waals surface area contributed by atoms with Crippen molar-refractivity contribution in [2.45, 2.75) is 0 Å². The van der Waals surface area contributed by atoms with Crippen LogP contribution in [0.3, 0.4) is 0 Å². The highest BCUT2D eigenvalue weighted by Crippen LogP contribution is 2.50. The fourth-order valence-electron chi connectivity index (χ4n) is 9.72. The van der Waals surface area contributed by atoms with E-state index in [9.17, 15) is 0 Å². The molecular formula is C53H31N3. The number of pyridine rings is 1. The topological polar surface area (TPSA) is 22.8 Å². The maximum atomic E-state index is 5.23. The third kappa shape index (κ3) is 4.04. The zero-order valence-electron chi connectivity index (χ0n) is 30.2. The SMILES string of the molecule is c1ccc(-n2c3ccccc3c3cc4cc(-c5ccc6cc7c(cc6c5)c5ccccc5n7-c5ncc6cccc7c6c5-c5ccccc5-7)ccc4cc32)cc1. The minimum Gasteiger partial charge on any atom is -0.309 e. The predicted molar refractivity (Wildman–Crippen MR) is 235 cm³/mol. The first-order chi connectivity index (χ1) is 27.8. The van der Waals surface area contributed by atoms with Crippen molar-refractivity contribution in [1.29, 1.82) is 0 Å². The Bertz CT molecular complexity index is 3640. The van der Waals surface area contributed by atoms with Gasteiger partial charge in [0.05, 0.1) is 22.1 Å². The van der Waals surface area contributed by atoms with Crippen LogP contribution in [-0.2, 0) is 0 Å². The van der Waals surface area contributed by atoms with Gasteiger partial charge in [-0.2, -0.15) is 0 Å². The fourth-order valence-corrected chi connectivity index (χ4v) is 9.72. The van der Waals surface area contributed by atoms with Crippen LogP contribution >= 0.6 is 0 Å². The Morgan fingerprint density at radius 1 is 0.339 bits per heavy atom. The van der Waals surface area contributed by atoms with E-state index in [1.54, 1.807) is 0 Å². The van der Waals surface area contributed by atoms with Crippen molar-refractivity contribution >= 4 is 75.9 Å². The lowest BCUT2D eigenvalue weighted by atomic mass is 9.97. The normalized spacial score (nSPS) is 12.3. The number of benzene rings is 9. The van der Waals surface area contributed by atoms with Crippen LogP contribution in [0.1, 0.15) is 0 Å². The van der Waals surface area contributed by atoms with Crippen LogP contribution in [0.25, 0.3) is 121 Å². The molecule has 0 unspecified atom stereocenters. The molecule has 0 bridgehead atoms. The van der Waals surface area contributed by atoms with Crippen LogP contribution in [0.4, 0.5) is 0 Å². The Labute approximate surface area is 321 Å². The van der Waals surface area contributed by atoms with Crippen molar-refractivity contribution in [2.24, 2.45) is 0 Å². The molecule has 3 aromatic heterocycles. The zero-order chi connectivity index (χ0) is 36.5. The third-order valence-corrected chi connectivity index (χ3v) is 12.2. The van der Waals surface area contributed by atoms with Gasteiger partial charge in [-0.05, 0) is 110 Å². The lowest BCUT2D eigenvalue weighted by Crippen LogP contribution is -2.00. The minimum absolute atomic E-state index is 0.981. The highest BCUT2D eigenvalue weighted by molar-refractivity contribution is 6.19. The number of nitrogens with zero attached hydrogens (tertiary/aromatic N) is 3. The van der Waals surface area contributed by atoms with Crippen LogP contribution in [0.2, 0.25) is 0 Å². The van der Waals surface area contributed by atoms with Crippen LogP contribution in [0.15, 0.2) is 188 Å². The molecule has 0 radical (unpaired) electrons. The summed E-state index contributed by atoms with van der Waals surface area (Å²) in [5, 5.41) is 12.4. The molecule has 56 heavy (non-hydrogen) atoms. The van der Waals surface area contributed by atoms with Crippen LogP contribution in [-0.4, -0.2) is 14.1 Å². The highest BCUT2D eigenvalue weighted by atomic mass is 15.1. The Kier molecular flexibility index (Phi) is 5.89. The second kappa shape index (κ2) is 11.0. The van der Waals surface area contributed by atoms with Crippen molar-refractivity contribution in [2.75, 3.05) is 0 Å². The summed E-state index contributed by atoms with van der Waals surface area (Å²) in [5.41, 5.74) is 13.4. The van der Waals surface area contributed by atoms with Crippen molar-refractivity contribution in [3.63, 3.8) is 0 Å².